The molecule has 0 radical (unpaired) electrons. The molecule has 78 valence electrons. The molecule has 0 fully saturated rings. The number of hydrogen-bond acceptors (Lipinski definition) is 3. The lowest BCUT2D eigenvalue weighted by molar-refractivity contribution is 0.101. The normalized spacial score (nSPS) is 10.9. The lowest BCUT2D eigenvalue weighted by atomic mass is 10.1. The van der Waals surface area contributed by atoms with E-state index in [1.807, 2.05) is 6.92 Å². The van der Waals surface area contributed by atoms with E-state index in [1.165, 1.54) is 6.92 Å². The van der Waals surface area contributed by atoms with Gasteiger partial charge in [0, 0.05) is 12.4 Å². The second kappa shape index (κ2) is 3.05. The van der Waals surface area contributed by atoms with Gasteiger partial charge in [0.25, 0.3) is 5.56 Å². The first kappa shape index (κ1) is 9.64. The maximum Gasteiger partial charge on any atom is 0.260 e. The monoisotopic (exact) mass is 205 g/mol. The smallest absolute Gasteiger partial charge is 0.260 e. The molecule has 15 heavy (non-hydrogen) atoms. The number of nitrogens with zero attached hydrogens (tertiary/aromatic N) is 2. The quantitative estimate of drug-likeness (QED) is 0.699. The van der Waals surface area contributed by atoms with Gasteiger partial charge in [-0.3, -0.25) is 14.3 Å². The number of hydrogen-bond donors (Lipinski definition) is 1. The van der Waals surface area contributed by atoms with Crippen molar-refractivity contribution in [2.24, 2.45) is 7.05 Å². The van der Waals surface area contributed by atoms with Crippen LogP contribution in [0, 0.1) is 6.92 Å². The lowest BCUT2D eigenvalue weighted by Gasteiger charge is -1.96. The number of aryl methyl sites for hydroxylation is 2. The molecule has 0 saturated carbocycles. The van der Waals surface area contributed by atoms with Crippen molar-refractivity contribution < 1.29 is 4.79 Å². The van der Waals surface area contributed by atoms with E-state index in [-0.39, 0.29) is 16.9 Å². The van der Waals surface area contributed by atoms with Crippen molar-refractivity contribution in [1.82, 2.24) is 14.8 Å². The summed E-state index contributed by atoms with van der Waals surface area (Å²) >= 11 is 0. The molecule has 2 aromatic heterocycles. The minimum atomic E-state index is -0.363. The van der Waals surface area contributed by atoms with E-state index >= 15 is 0 Å². The van der Waals surface area contributed by atoms with E-state index in [4.69, 9.17) is 0 Å². The Balaban J connectivity index is 2.91. The number of H-pyrrole nitrogens is 1. The lowest BCUT2D eigenvalue weighted by Crippen LogP contribution is -2.16. The van der Waals surface area contributed by atoms with Crippen molar-refractivity contribution in [3.63, 3.8) is 0 Å². The number of carbonyl (C=O) groups is 1. The summed E-state index contributed by atoms with van der Waals surface area (Å²) in [7, 11) is 1.75. The number of rotatable bonds is 1. The Bertz CT molecular complexity index is 607. The van der Waals surface area contributed by atoms with Crippen LogP contribution in [0.3, 0.4) is 0 Å². The van der Waals surface area contributed by atoms with E-state index in [2.05, 4.69) is 10.1 Å². The highest BCUT2D eigenvalue weighted by Crippen LogP contribution is 2.14. The number of aromatic nitrogens is 3. The molecule has 5 nitrogen and oxygen atoms in total. The van der Waals surface area contributed by atoms with Crippen molar-refractivity contribution in [2.75, 3.05) is 0 Å². The number of nitrogens with one attached hydrogen (secondary N) is 1. The summed E-state index contributed by atoms with van der Waals surface area (Å²) in [6.45, 7) is 3.21. The predicted octanol–water partition coefficient (Wildman–Crippen LogP) is 0.773. The van der Waals surface area contributed by atoms with Gasteiger partial charge in [0.15, 0.2) is 5.78 Å². The van der Waals surface area contributed by atoms with Gasteiger partial charge >= 0.3 is 0 Å². The number of fused-ring (bicyclic) bond motifs is 1. The Morgan fingerprint density at radius 1 is 1.53 bits per heavy atom. The summed E-state index contributed by atoms with van der Waals surface area (Å²) in [5, 5.41) is 4.97. The van der Waals surface area contributed by atoms with Gasteiger partial charge in [0.1, 0.15) is 5.65 Å². The van der Waals surface area contributed by atoms with Crippen molar-refractivity contribution in [3.05, 3.63) is 27.7 Å². The van der Waals surface area contributed by atoms with Crippen molar-refractivity contribution in [1.29, 1.82) is 0 Å². The number of ketones is 1. The average molecular weight is 205 g/mol. The zero-order chi connectivity index (χ0) is 11.2. The Morgan fingerprint density at radius 2 is 2.20 bits per heavy atom. The van der Waals surface area contributed by atoms with Crippen LogP contribution in [0.15, 0.2) is 10.9 Å². The third-order valence-electron chi connectivity index (χ3n) is 2.41. The third-order valence-corrected chi connectivity index (χ3v) is 2.41. The van der Waals surface area contributed by atoms with Crippen molar-refractivity contribution in [2.45, 2.75) is 13.8 Å². The first-order valence-electron chi connectivity index (χ1n) is 4.58. The van der Waals surface area contributed by atoms with Crippen LogP contribution < -0.4 is 5.56 Å². The molecule has 0 unspecified atom stereocenters. The first-order chi connectivity index (χ1) is 7.00. The molecular formula is C10H11N3O2. The summed E-state index contributed by atoms with van der Waals surface area (Å²) in [4.78, 5) is 25.4. The molecule has 5 heteroatoms. The topological polar surface area (TPSA) is 67.8 Å². The number of carbonyl (C=O) groups excluding carboxylic acids is 1. The molecule has 0 aliphatic carbocycles. The van der Waals surface area contributed by atoms with Gasteiger partial charge < -0.3 is 4.98 Å². The fourth-order valence-electron chi connectivity index (χ4n) is 1.64. The summed E-state index contributed by atoms with van der Waals surface area (Å²) in [5.74, 6) is -0.235. The molecule has 0 saturated heterocycles. The van der Waals surface area contributed by atoms with E-state index < -0.39 is 0 Å². The second-order valence-electron chi connectivity index (χ2n) is 3.54. The summed E-state index contributed by atoms with van der Waals surface area (Å²) in [6.07, 6.45) is 0. The molecule has 0 spiro atoms. The standard InChI is InChI=1S/C10H11N3O2/c1-5-7-4-8(6(2)14)10(15)11-9(7)13(3)12-5/h4H,1-3H3,(H,11,15). The maximum atomic E-state index is 11.5. The van der Waals surface area contributed by atoms with E-state index in [1.54, 1.807) is 17.8 Å². The molecule has 2 rings (SSSR count). The van der Waals surface area contributed by atoms with Crippen LogP contribution in [0.5, 0.6) is 0 Å². The molecule has 0 amide bonds. The van der Waals surface area contributed by atoms with Crippen LogP contribution in [0.1, 0.15) is 23.0 Å². The first-order valence-corrected chi connectivity index (χ1v) is 4.58. The van der Waals surface area contributed by atoms with Crippen LogP contribution in [0.25, 0.3) is 11.0 Å². The Kier molecular flexibility index (Phi) is 1.96. The van der Waals surface area contributed by atoms with Crippen LogP contribution in [0.2, 0.25) is 0 Å². The largest absolute Gasteiger partial charge is 0.306 e. The summed E-state index contributed by atoms with van der Waals surface area (Å²) < 4.78 is 1.59. The molecule has 1 N–H and O–H groups in total. The fourth-order valence-corrected chi connectivity index (χ4v) is 1.64. The van der Waals surface area contributed by atoms with Crippen molar-refractivity contribution in [3.8, 4) is 0 Å². The van der Waals surface area contributed by atoms with E-state index in [0.717, 1.165) is 11.1 Å². The van der Waals surface area contributed by atoms with E-state index in [0.29, 0.717) is 5.65 Å². The molecule has 2 heterocycles. The second-order valence-corrected chi connectivity index (χ2v) is 3.54. The van der Waals surface area contributed by atoms with Gasteiger partial charge in [-0.05, 0) is 19.9 Å². The molecule has 2 aromatic rings. The molecule has 0 bridgehead atoms. The van der Waals surface area contributed by atoms with Gasteiger partial charge in [0.2, 0.25) is 0 Å². The third kappa shape index (κ3) is 1.36. The Labute approximate surface area is 85.7 Å². The molecular weight excluding hydrogens is 194 g/mol. The van der Waals surface area contributed by atoms with Crippen LogP contribution >= 0.6 is 0 Å². The SMILES string of the molecule is CC(=O)c1cc2c(C)nn(C)c2[nH]c1=O. The molecule has 0 aromatic carbocycles. The number of Topliss-reactive ketones (excluding diaryl/α,β-unsaturated/α-hetero) is 1. The van der Waals surface area contributed by atoms with Crippen molar-refractivity contribution >= 4 is 16.8 Å². The maximum absolute atomic E-state index is 11.5. The minimum Gasteiger partial charge on any atom is -0.306 e. The zero-order valence-electron chi connectivity index (χ0n) is 8.79. The van der Waals surface area contributed by atoms with Gasteiger partial charge in [-0.1, -0.05) is 0 Å². The highest BCUT2D eigenvalue weighted by molar-refractivity contribution is 5.97. The summed E-state index contributed by atoms with van der Waals surface area (Å²) in [5.41, 5.74) is 1.25. The highest BCUT2D eigenvalue weighted by atomic mass is 16.1. The molecule has 0 aliphatic rings. The number of aromatic amines is 1. The fraction of sp³-hybridized carbons (Fsp3) is 0.300. The molecule has 0 atom stereocenters. The summed E-state index contributed by atoms with van der Waals surface area (Å²) in [6, 6.07) is 1.60. The van der Waals surface area contributed by atoms with Crippen LogP contribution in [-0.2, 0) is 7.05 Å². The van der Waals surface area contributed by atoms with Crippen LogP contribution in [0.4, 0.5) is 0 Å². The van der Waals surface area contributed by atoms with Gasteiger partial charge in [-0.2, -0.15) is 5.10 Å². The predicted molar refractivity (Wildman–Crippen MR) is 56.1 cm³/mol. The Morgan fingerprint density at radius 3 is 2.80 bits per heavy atom. The molecule has 0 aliphatic heterocycles. The average Bonchev–Trinajstić information content (AvgIpc) is 2.41. The number of pyridine rings is 1. The van der Waals surface area contributed by atoms with Gasteiger partial charge in [0.05, 0.1) is 11.3 Å². The van der Waals surface area contributed by atoms with Gasteiger partial charge in [-0.15, -0.1) is 0 Å². The van der Waals surface area contributed by atoms with Crippen LogP contribution in [-0.4, -0.2) is 20.5 Å². The minimum absolute atomic E-state index is 0.179. The Hall–Kier alpha value is -1.91. The highest BCUT2D eigenvalue weighted by Gasteiger charge is 2.11. The zero-order valence-corrected chi connectivity index (χ0v) is 8.79. The van der Waals surface area contributed by atoms with Gasteiger partial charge in [-0.25, -0.2) is 0 Å². The van der Waals surface area contributed by atoms with E-state index in [9.17, 15) is 9.59 Å².